The average molecular weight is 432 g/mol. The Labute approximate surface area is 165 Å². The molecule has 1 N–H and O–H groups in total. The van der Waals surface area contributed by atoms with E-state index >= 15 is 0 Å². The molecule has 3 heterocycles. The summed E-state index contributed by atoms with van der Waals surface area (Å²) in [7, 11) is -3.34. The van der Waals surface area contributed by atoms with Crippen molar-refractivity contribution in [2.45, 2.75) is 32.0 Å². The van der Waals surface area contributed by atoms with E-state index in [-0.39, 0.29) is 29.9 Å². The third-order valence-corrected chi connectivity index (χ3v) is 6.40. The second kappa shape index (κ2) is 7.17. The molecule has 29 heavy (non-hydrogen) atoms. The van der Waals surface area contributed by atoms with Crippen LogP contribution in [-0.4, -0.2) is 50.1 Å². The molecule has 4 rings (SSSR count). The molecular formula is C17H19F3N4O4S. The first-order valence-electron chi connectivity index (χ1n) is 9.10. The van der Waals surface area contributed by atoms with Gasteiger partial charge in [0, 0.05) is 30.6 Å². The number of ether oxygens (including phenoxy) is 2. The number of hydrogen-bond acceptors (Lipinski definition) is 7. The van der Waals surface area contributed by atoms with Gasteiger partial charge in [0.25, 0.3) is 0 Å². The van der Waals surface area contributed by atoms with E-state index in [0.717, 1.165) is 0 Å². The van der Waals surface area contributed by atoms with Crippen molar-refractivity contribution in [3.05, 3.63) is 18.0 Å². The maximum Gasteiger partial charge on any atom is 0.451 e. The van der Waals surface area contributed by atoms with Gasteiger partial charge in [-0.05, 0) is 25.8 Å². The van der Waals surface area contributed by atoms with E-state index in [9.17, 15) is 21.6 Å². The van der Waals surface area contributed by atoms with Gasteiger partial charge in [-0.15, -0.1) is 0 Å². The highest BCUT2D eigenvalue weighted by atomic mass is 32.2. The van der Waals surface area contributed by atoms with Gasteiger partial charge < -0.3 is 14.4 Å². The zero-order valence-electron chi connectivity index (χ0n) is 15.5. The van der Waals surface area contributed by atoms with Crippen molar-refractivity contribution < 1.29 is 31.1 Å². The van der Waals surface area contributed by atoms with Gasteiger partial charge in [0.15, 0.2) is 11.5 Å². The minimum atomic E-state index is -4.70. The molecule has 2 aliphatic heterocycles. The molecule has 0 unspecified atom stereocenters. The molecule has 1 saturated heterocycles. The van der Waals surface area contributed by atoms with Crippen LogP contribution in [-0.2, 0) is 16.2 Å². The van der Waals surface area contributed by atoms with Crippen LogP contribution in [0.4, 0.5) is 19.0 Å². The number of rotatable bonds is 4. The number of hydrogen-bond donors (Lipinski definition) is 1. The average Bonchev–Trinajstić information content (AvgIpc) is 3.12. The monoisotopic (exact) mass is 432 g/mol. The van der Waals surface area contributed by atoms with Crippen LogP contribution in [0.5, 0.6) is 11.5 Å². The number of anilines is 1. The minimum absolute atomic E-state index is 0.0104. The van der Waals surface area contributed by atoms with Crippen molar-refractivity contribution in [1.82, 2.24) is 14.7 Å². The van der Waals surface area contributed by atoms with Gasteiger partial charge in [-0.2, -0.15) is 13.2 Å². The van der Waals surface area contributed by atoms with Crippen LogP contribution in [0.3, 0.4) is 0 Å². The Hall–Kier alpha value is -2.34. The molecule has 0 amide bonds. The van der Waals surface area contributed by atoms with Crippen LogP contribution in [0.25, 0.3) is 10.9 Å². The first kappa shape index (κ1) is 20.0. The molecule has 0 radical (unpaired) electrons. The Kier molecular flexibility index (Phi) is 4.93. The largest absolute Gasteiger partial charge is 0.454 e. The van der Waals surface area contributed by atoms with Crippen molar-refractivity contribution in [3.8, 4) is 11.5 Å². The van der Waals surface area contributed by atoms with Crippen molar-refractivity contribution in [2.24, 2.45) is 0 Å². The Morgan fingerprint density at radius 2 is 1.83 bits per heavy atom. The van der Waals surface area contributed by atoms with E-state index in [4.69, 9.17) is 9.47 Å². The lowest BCUT2D eigenvalue weighted by Gasteiger charge is -2.33. The fourth-order valence-corrected chi connectivity index (χ4v) is 4.33. The summed E-state index contributed by atoms with van der Waals surface area (Å²) in [6, 6.07) is 2.74. The third-order valence-electron chi connectivity index (χ3n) is 4.94. The lowest BCUT2D eigenvalue weighted by molar-refractivity contribution is -0.144. The smallest absolute Gasteiger partial charge is 0.451 e. The quantitative estimate of drug-likeness (QED) is 0.792. The number of halogens is 3. The van der Waals surface area contributed by atoms with Crippen molar-refractivity contribution >= 4 is 26.7 Å². The second-order valence-corrected chi connectivity index (χ2v) is 8.92. The van der Waals surface area contributed by atoms with Crippen LogP contribution >= 0.6 is 0 Å². The predicted octanol–water partition coefficient (Wildman–Crippen LogP) is 2.29. The lowest BCUT2D eigenvalue weighted by Crippen LogP contribution is -2.45. The first-order valence-corrected chi connectivity index (χ1v) is 10.7. The molecule has 2 aliphatic rings. The summed E-state index contributed by atoms with van der Waals surface area (Å²) in [5.74, 6) is -0.341. The van der Waals surface area contributed by atoms with Crippen LogP contribution in [0.2, 0.25) is 0 Å². The molecule has 0 saturated carbocycles. The summed E-state index contributed by atoms with van der Waals surface area (Å²) >= 11 is 0. The SMILES string of the molecule is CCS(=O)(=O)NC1CCN(c2nc(C(F)(F)F)nc3cc4c(cc23)OCO4)CC1. The molecule has 0 aliphatic carbocycles. The number of alkyl halides is 3. The molecule has 1 aromatic carbocycles. The summed E-state index contributed by atoms with van der Waals surface area (Å²) in [5, 5.41) is 0.426. The molecule has 12 heteroatoms. The number of piperidine rings is 1. The van der Waals surface area contributed by atoms with Gasteiger partial charge in [0.05, 0.1) is 11.3 Å². The molecule has 158 valence electrons. The molecular weight excluding hydrogens is 413 g/mol. The molecule has 0 spiro atoms. The normalized spacial score (nSPS) is 17.9. The summed E-state index contributed by atoms with van der Waals surface area (Å²) in [6.45, 7) is 2.25. The molecule has 8 nitrogen and oxygen atoms in total. The topological polar surface area (TPSA) is 93.7 Å². The van der Waals surface area contributed by atoms with Crippen molar-refractivity contribution in [3.63, 3.8) is 0 Å². The zero-order valence-corrected chi connectivity index (χ0v) is 16.3. The number of fused-ring (bicyclic) bond motifs is 2. The highest BCUT2D eigenvalue weighted by Crippen LogP contribution is 2.40. The van der Waals surface area contributed by atoms with Gasteiger partial charge >= 0.3 is 6.18 Å². The number of nitrogens with one attached hydrogen (secondary N) is 1. The van der Waals surface area contributed by atoms with Gasteiger partial charge in [-0.25, -0.2) is 23.1 Å². The maximum absolute atomic E-state index is 13.3. The van der Waals surface area contributed by atoms with E-state index in [1.165, 1.54) is 6.07 Å². The van der Waals surface area contributed by atoms with Crippen LogP contribution in [0, 0.1) is 0 Å². The van der Waals surface area contributed by atoms with Gasteiger partial charge in [-0.1, -0.05) is 0 Å². The standard InChI is InChI=1S/C17H19F3N4O4S/c1-2-29(25,26)23-10-3-5-24(6-4-10)15-11-7-13-14(28-9-27-13)8-12(11)21-16(22-15)17(18,19)20/h7-8,10,23H,2-6,9H2,1H3. The second-order valence-electron chi connectivity index (χ2n) is 6.87. The van der Waals surface area contributed by atoms with Crippen LogP contribution in [0.1, 0.15) is 25.6 Å². The van der Waals surface area contributed by atoms with Crippen molar-refractivity contribution in [2.75, 3.05) is 30.5 Å². The van der Waals surface area contributed by atoms with Crippen LogP contribution in [0.15, 0.2) is 12.1 Å². The first-order chi connectivity index (χ1) is 13.7. The number of nitrogens with zero attached hydrogens (tertiary/aromatic N) is 3. The molecule has 0 atom stereocenters. The van der Waals surface area contributed by atoms with E-state index in [1.54, 1.807) is 17.9 Å². The molecule has 1 aromatic heterocycles. The van der Waals surface area contributed by atoms with E-state index in [2.05, 4.69) is 14.7 Å². The fraction of sp³-hybridized carbons (Fsp3) is 0.529. The Bertz CT molecular complexity index is 1040. The Morgan fingerprint density at radius 1 is 1.17 bits per heavy atom. The highest BCUT2D eigenvalue weighted by molar-refractivity contribution is 7.89. The molecule has 0 bridgehead atoms. The van der Waals surface area contributed by atoms with Gasteiger partial charge in [0.2, 0.25) is 22.6 Å². The lowest BCUT2D eigenvalue weighted by atomic mass is 10.1. The van der Waals surface area contributed by atoms with Crippen LogP contribution < -0.4 is 19.1 Å². The summed E-state index contributed by atoms with van der Waals surface area (Å²) in [4.78, 5) is 9.18. The molecule has 2 aromatic rings. The maximum atomic E-state index is 13.3. The third kappa shape index (κ3) is 4.04. The predicted molar refractivity (Wildman–Crippen MR) is 98.5 cm³/mol. The Morgan fingerprint density at radius 3 is 2.45 bits per heavy atom. The summed E-state index contributed by atoms with van der Waals surface area (Å²) < 4.78 is 76.8. The summed E-state index contributed by atoms with van der Waals surface area (Å²) in [5.41, 5.74) is 0.111. The van der Waals surface area contributed by atoms with Gasteiger partial charge in [0.1, 0.15) is 5.82 Å². The van der Waals surface area contributed by atoms with Crippen molar-refractivity contribution in [1.29, 1.82) is 0 Å². The summed E-state index contributed by atoms with van der Waals surface area (Å²) in [6.07, 6.45) is -3.79. The Balaban J connectivity index is 1.68. The molecule has 1 fully saturated rings. The fourth-order valence-electron chi connectivity index (χ4n) is 3.42. The van der Waals surface area contributed by atoms with E-state index < -0.39 is 22.0 Å². The highest BCUT2D eigenvalue weighted by Gasteiger charge is 2.37. The van der Waals surface area contributed by atoms with E-state index in [1.807, 2.05) is 0 Å². The van der Waals surface area contributed by atoms with Gasteiger partial charge in [-0.3, -0.25) is 0 Å². The number of benzene rings is 1. The van der Waals surface area contributed by atoms with E-state index in [0.29, 0.717) is 42.8 Å². The number of sulfonamides is 1. The zero-order chi connectivity index (χ0) is 20.8. The minimum Gasteiger partial charge on any atom is -0.454 e. The number of aromatic nitrogens is 2.